The Bertz CT molecular complexity index is 433. The molecule has 0 bridgehead atoms. The van der Waals surface area contributed by atoms with Crippen LogP contribution in [0.1, 0.15) is 23.2 Å². The second-order valence-electron chi connectivity index (χ2n) is 3.66. The highest BCUT2D eigenvalue weighted by Crippen LogP contribution is 2.08. The summed E-state index contributed by atoms with van der Waals surface area (Å²) in [4.78, 5) is 4.23. The quantitative estimate of drug-likeness (QED) is 0.859. The Kier molecular flexibility index (Phi) is 3.69. The number of rotatable bonds is 5. The Hall–Kier alpha value is -1.20. The van der Waals surface area contributed by atoms with Gasteiger partial charge >= 0.3 is 0 Å². The van der Waals surface area contributed by atoms with Crippen molar-refractivity contribution < 1.29 is 0 Å². The van der Waals surface area contributed by atoms with Crippen LogP contribution in [0.2, 0.25) is 0 Å². The lowest BCUT2D eigenvalue weighted by atomic mass is 10.2. The molecule has 2 heterocycles. The average molecular weight is 236 g/mol. The highest BCUT2D eigenvalue weighted by atomic mass is 32.1. The maximum atomic E-state index is 4.41. The van der Waals surface area contributed by atoms with Crippen LogP contribution in [0.4, 0.5) is 0 Å². The van der Waals surface area contributed by atoms with Gasteiger partial charge in [0.1, 0.15) is 5.01 Å². The van der Waals surface area contributed by atoms with Crippen molar-refractivity contribution >= 4 is 11.3 Å². The van der Waals surface area contributed by atoms with Crippen molar-refractivity contribution in [2.75, 3.05) is 0 Å². The van der Waals surface area contributed by atoms with Crippen LogP contribution in [0.5, 0.6) is 0 Å². The summed E-state index contributed by atoms with van der Waals surface area (Å²) in [5.41, 5.74) is 2.45. The monoisotopic (exact) mass is 236 g/mol. The van der Waals surface area contributed by atoms with Crippen LogP contribution < -0.4 is 5.32 Å². The van der Waals surface area contributed by atoms with E-state index in [-0.39, 0.29) is 0 Å². The molecule has 4 nitrogen and oxygen atoms in total. The van der Waals surface area contributed by atoms with Gasteiger partial charge in [0.2, 0.25) is 0 Å². The van der Waals surface area contributed by atoms with Crippen molar-refractivity contribution in [1.82, 2.24) is 20.1 Å². The first-order valence-corrected chi connectivity index (χ1v) is 6.28. The molecule has 0 aliphatic heterocycles. The van der Waals surface area contributed by atoms with Crippen molar-refractivity contribution in [1.29, 1.82) is 0 Å². The number of nitrogens with one attached hydrogen (secondary N) is 1. The number of hydrogen-bond acceptors (Lipinski definition) is 4. The van der Waals surface area contributed by atoms with Crippen LogP contribution in [-0.4, -0.2) is 14.8 Å². The molecule has 0 aromatic carbocycles. The Morgan fingerprint density at radius 3 is 3.00 bits per heavy atom. The van der Waals surface area contributed by atoms with E-state index in [1.807, 2.05) is 23.3 Å². The first kappa shape index (κ1) is 11.3. The normalized spacial score (nSPS) is 10.9. The average Bonchev–Trinajstić information content (AvgIpc) is 2.88. The molecule has 0 saturated carbocycles. The van der Waals surface area contributed by atoms with E-state index >= 15 is 0 Å². The van der Waals surface area contributed by atoms with Gasteiger partial charge in [0.15, 0.2) is 0 Å². The standard InChI is InChI=1S/C11H16N4S/c1-3-10-9(8-15(2)14-10)6-12-7-11-13-4-5-16-11/h4-5,8,12H,3,6-7H2,1-2H3. The summed E-state index contributed by atoms with van der Waals surface area (Å²) < 4.78 is 1.87. The molecule has 2 aromatic rings. The SMILES string of the molecule is CCc1nn(C)cc1CNCc1nccs1. The second kappa shape index (κ2) is 5.23. The largest absolute Gasteiger partial charge is 0.306 e. The van der Waals surface area contributed by atoms with Crippen LogP contribution in [0, 0.1) is 0 Å². The van der Waals surface area contributed by atoms with Gasteiger partial charge in [-0.15, -0.1) is 11.3 Å². The lowest BCUT2D eigenvalue weighted by molar-refractivity contribution is 0.685. The van der Waals surface area contributed by atoms with Gasteiger partial charge in [-0.2, -0.15) is 5.10 Å². The maximum absolute atomic E-state index is 4.41. The molecule has 0 spiro atoms. The summed E-state index contributed by atoms with van der Waals surface area (Å²) >= 11 is 1.68. The lowest BCUT2D eigenvalue weighted by Crippen LogP contribution is -2.13. The van der Waals surface area contributed by atoms with Crippen molar-refractivity contribution in [2.45, 2.75) is 26.4 Å². The van der Waals surface area contributed by atoms with Gasteiger partial charge in [0.25, 0.3) is 0 Å². The van der Waals surface area contributed by atoms with Crippen LogP contribution in [-0.2, 0) is 26.6 Å². The number of aromatic nitrogens is 3. The smallest absolute Gasteiger partial charge is 0.106 e. The fourth-order valence-electron chi connectivity index (χ4n) is 1.67. The number of thiazole rings is 1. The molecule has 0 aliphatic rings. The van der Waals surface area contributed by atoms with E-state index < -0.39 is 0 Å². The van der Waals surface area contributed by atoms with Gasteiger partial charge in [-0.3, -0.25) is 4.68 Å². The van der Waals surface area contributed by atoms with Gasteiger partial charge in [-0.25, -0.2) is 4.98 Å². The predicted octanol–water partition coefficient (Wildman–Crippen LogP) is 1.73. The molecule has 2 aromatic heterocycles. The van der Waals surface area contributed by atoms with Gasteiger partial charge in [0, 0.05) is 43.5 Å². The fourth-order valence-corrected chi connectivity index (χ4v) is 2.26. The highest BCUT2D eigenvalue weighted by Gasteiger charge is 2.05. The minimum absolute atomic E-state index is 0.829. The molecule has 0 unspecified atom stereocenters. The summed E-state index contributed by atoms with van der Waals surface area (Å²) in [6, 6.07) is 0. The van der Waals surface area contributed by atoms with E-state index in [0.29, 0.717) is 0 Å². The Morgan fingerprint density at radius 2 is 2.31 bits per heavy atom. The van der Waals surface area contributed by atoms with E-state index in [2.05, 4.69) is 28.5 Å². The summed E-state index contributed by atoms with van der Waals surface area (Å²) in [7, 11) is 1.96. The summed E-state index contributed by atoms with van der Waals surface area (Å²) in [6.45, 7) is 3.82. The molecule has 1 N–H and O–H groups in total. The minimum atomic E-state index is 0.829. The number of nitrogens with zero attached hydrogens (tertiary/aromatic N) is 3. The Morgan fingerprint density at radius 1 is 1.44 bits per heavy atom. The van der Waals surface area contributed by atoms with E-state index in [9.17, 15) is 0 Å². The fraction of sp³-hybridized carbons (Fsp3) is 0.455. The third-order valence-electron chi connectivity index (χ3n) is 2.40. The first-order chi connectivity index (χ1) is 7.79. The zero-order chi connectivity index (χ0) is 11.4. The van der Waals surface area contributed by atoms with Crippen molar-refractivity contribution in [3.8, 4) is 0 Å². The molecular weight excluding hydrogens is 220 g/mol. The van der Waals surface area contributed by atoms with Crippen molar-refractivity contribution in [3.63, 3.8) is 0 Å². The molecular formula is C11H16N4S. The predicted molar refractivity (Wildman–Crippen MR) is 65.2 cm³/mol. The molecule has 5 heteroatoms. The van der Waals surface area contributed by atoms with Crippen LogP contribution in [0.25, 0.3) is 0 Å². The minimum Gasteiger partial charge on any atom is -0.306 e. The van der Waals surface area contributed by atoms with Crippen molar-refractivity contribution in [3.05, 3.63) is 34.0 Å². The molecule has 2 rings (SSSR count). The zero-order valence-corrected chi connectivity index (χ0v) is 10.4. The van der Waals surface area contributed by atoms with E-state index in [0.717, 1.165) is 24.5 Å². The van der Waals surface area contributed by atoms with Gasteiger partial charge in [-0.1, -0.05) is 6.92 Å². The summed E-state index contributed by atoms with van der Waals surface area (Å²) in [6.07, 6.45) is 4.89. The van der Waals surface area contributed by atoms with Crippen molar-refractivity contribution in [2.24, 2.45) is 7.05 Å². The molecule has 0 amide bonds. The highest BCUT2D eigenvalue weighted by molar-refractivity contribution is 7.09. The van der Waals surface area contributed by atoms with Gasteiger partial charge < -0.3 is 5.32 Å². The molecule has 0 saturated heterocycles. The molecule has 0 radical (unpaired) electrons. The Labute approximate surface area is 99.3 Å². The molecule has 16 heavy (non-hydrogen) atoms. The molecule has 0 atom stereocenters. The first-order valence-electron chi connectivity index (χ1n) is 5.40. The number of hydrogen-bond donors (Lipinski definition) is 1. The maximum Gasteiger partial charge on any atom is 0.106 e. The summed E-state index contributed by atoms with van der Waals surface area (Å²) in [5.74, 6) is 0. The van der Waals surface area contributed by atoms with E-state index in [1.54, 1.807) is 11.3 Å². The second-order valence-corrected chi connectivity index (χ2v) is 4.64. The van der Waals surface area contributed by atoms with E-state index in [1.165, 1.54) is 11.3 Å². The zero-order valence-electron chi connectivity index (χ0n) is 9.60. The molecule has 0 aliphatic carbocycles. The third-order valence-corrected chi connectivity index (χ3v) is 3.18. The Balaban J connectivity index is 1.89. The van der Waals surface area contributed by atoms with Crippen LogP contribution in [0.3, 0.4) is 0 Å². The van der Waals surface area contributed by atoms with E-state index in [4.69, 9.17) is 0 Å². The van der Waals surface area contributed by atoms with Gasteiger partial charge in [-0.05, 0) is 6.42 Å². The third kappa shape index (κ3) is 2.68. The molecule has 86 valence electrons. The van der Waals surface area contributed by atoms with Gasteiger partial charge in [0.05, 0.1) is 5.69 Å². The van der Waals surface area contributed by atoms with Crippen LogP contribution >= 0.6 is 11.3 Å². The number of aryl methyl sites for hydroxylation is 2. The molecule has 0 fully saturated rings. The summed E-state index contributed by atoms with van der Waals surface area (Å²) in [5, 5.41) is 10.9. The topological polar surface area (TPSA) is 42.7 Å². The van der Waals surface area contributed by atoms with Crippen LogP contribution in [0.15, 0.2) is 17.8 Å². The lowest BCUT2D eigenvalue weighted by Gasteiger charge is -2.01.